The average molecular weight is 297 g/mol. The number of carbonyl (C=O) groups excluding carboxylic acids is 1. The number of aromatic nitrogens is 2. The number of aryl methyl sites for hydroxylation is 1. The van der Waals surface area contributed by atoms with Crippen LogP contribution in [0.15, 0.2) is 4.79 Å². The van der Waals surface area contributed by atoms with Crippen LogP contribution in [0.2, 0.25) is 0 Å². The lowest BCUT2D eigenvalue weighted by Gasteiger charge is -2.17. The molecule has 0 fully saturated rings. The average Bonchev–Trinajstić information content (AvgIpc) is 2.40. The fourth-order valence-electron chi connectivity index (χ4n) is 2.21. The number of nitrogens with zero attached hydrogens (tertiary/aromatic N) is 2. The van der Waals surface area contributed by atoms with E-state index in [0.29, 0.717) is 29.8 Å². The van der Waals surface area contributed by atoms with E-state index < -0.39 is 17.8 Å². The van der Waals surface area contributed by atoms with E-state index in [1.54, 1.807) is 0 Å². The van der Waals surface area contributed by atoms with Gasteiger partial charge in [0.1, 0.15) is 6.61 Å². The van der Waals surface area contributed by atoms with Crippen molar-refractivity contribution in [3.8, 4) is 0 Å². The van der Waals surface area contributed by atoms with Gasteiger partial charge in [0, 0.05) is 11.3 Å². The summed E-state index contributed by atoms with van der Waals surface area (Å²) in [5.41, 5.74) is 6.02. The second-order valence-corrected chi connectivity index (χ2v) is 4.36. The molecule has 21 heavy (non-hydrogen) atoms. The number of carboxylic acid groups (broad SMARTS) is 1. The minimum atomic E-state index is -0.986. The van der Waals surface area contributed by atoms with Crippen molar-refractivity contribution in [3.63, 3.8) is 0 Å². The molecule has 1 aromatic heterocycles. The third-order valence-electron chi connectivity index (χ3n) is 3.04. The van der Waals surface area contributed by atoms with Crippen LogP contribution in [0.3, 0.4) is 0 Å². The molecule has 0 aliphatic heterocycles. The van der Waals surface area contributed by atoms with E-state index in [1.807, 2.05) is 13.8 Å². The molecule has 116 valence electrons. The highest BCUT2D eigenvalue weighted by atomic mass is 16.5. The molecule has 1 aromatic rings. The molecule has 0 aliphatic rings. The van der Waals surface area contributed by atoms with Gasteiger partial charge >= 0.3 is 17.8 Å². The van der Waals surface area contributed by atoms with Crippen molar-refractivity contribution in [1.82, 2.24) is 9.55 Å². The van der Waals surface area contributed by atoms with Crippen LogP contribution in [0.1, 0.15) is 30.8 Å². The van der Waals surface area contributed by atoms with Crippen molar-refractivity contribution in [2.75, 3.05) is 6.61 Å². The van der Waals surface area contributed by atoms with Gasteiger partial charge < -0.3 is 15.6 Å². The highest BCUT2D eigenvalue weighted by Gasteiger charge is 2.17. The van der Waals surface area contributed by atoms with Gasteiger partial charge in [-0.05, 0) is 12.8 Å². The number of rotatable bonds is 7. The molecule has 1 rings (SSSR count). The van der Waals surface area contributed by atoms with Gasteiger partial charge in [-0.25, -0.2) is 9.59 Å². The van der Waals surface area contributed by atoms with Crippen LogP contribution in [-0.4, -0.2) is 33.3 Å². The lowest BCUT2D eigenvalue weighted by atomic mass is 10.0. The number of hydrogen-bond acceptors (Lipinski definition) is 5. The topological polar surface area (TPSA) is 125 Å². The molecule has 0 aliphatic carbocycles. The number of carboxylic acids is 1. The van der Waals surface area contributed by atoms with Crippen LogP contribution in [-0.2, 0) is 35.3 Å². The molecule has 0 radical (unpaired) electrons. The smallest absolute Gasteiger partial charge is 0.404 e. The second kappa shape index (κ2) is 7.41. The quantitative estimate of drug-likeness (QED) is 0.735. The van der Waals surface area contributed by atoms with E-state index >= 15 is 0 Å². The molecule has 0 saturated heterocycles. The van der Waals surface area contributed by atoms with Crippen molar-refractivity contribution < 1.29 is 19.4 Å². The fourth-order valence-corrected chi connectivity index (χ4v) is 2.21. The number of nitrogens with two attached hydrogens (primary N) is 1. The zero-order valence-electron chi connectivity index (χ0n) is 12.1. The Balaban J connectivity index is 3.25. The summed E-state index contributed by atoms with van der Waals surface area (Å²) in [5.74, 6) is -0.986. The van der Waals surface area contributed by atoms with Gasteiger partial charge in [0.25, 0.3) is 0 Å². The van der Waals surface area contributed by atoms with Crippen LogP contribution >= 0.6 is 0 Å². The summed E-state index contributed by atoms with van der Waals surface area (Å²) in [5, 5.41) is 9.01. The summed E-state index contributed by atoms with van der Waals surface area (Å²) < 4.78 is 5.95. The molecule has 3 N–H and O–H groups in total. The molecule has 8 heteroatoms. The first-order valence-electron chi connectivity index (χ1n) is 6.66. The van der Waals surface area contributed by atoms with Gasteiger partial charge in [-0.1, -0.05) is 13.8 Å². The van der Waals surface area contributed by atoms with Crippen LogP contribution < -0.4 is 11.4 Å². The minimum Gasteiger partial charge on any atom is -0.481 e. The lowest BCUT2D eigenvalue weighted by Crippen LogP contribution is -2.32. The third kappa shape index (κ3) is 4.30. The van der Waals surface area contributed by atoms with Crippen molar-refractivity contribution in [2.45, 2.75) is 39.7 Å². The van der Waals surface area contributed by atoms with Crippen molar-refractivity contribution in [1.29, 1.82) is 0 Å². The largest absolute Gasteiger partial charge is 0.481 e. The molecule has 0 spiro atoms. The van der Waals surface area contributed by atoms with Crippen molar-refractivity contribution in [2.24, 2.45) is 5.73 Å². The first-order valence-corrected chi connectivity index (χ1v) is 6.66. The standard InChI is InChI=1S/C13H19N3O5/c1-3-9-8(7-11(17)18)10(4-2)16(13(20)15-9)5-6-21-12(14)19/h3-7H2,1-2H3,(H2,14,19)(H,17,18). The van der Waals surface area contributed by atoms with E-state index in [4.69, 9.17) is 10.8 Å². The van der Waals surface area contributed by atoms with Crippen LogP contribution in [0.4, 0.5) is 4.79 Å². The van der Waals surface area contributed by atoms with Crippen molar-refractivity contribution in [3.05, 3.63) is 27.4 Å². The zero-order chi connectivity index (χ0) is 16.0. The molecule has 1 amide bonds. The third-order valence-corrected chi connectivity index (χ3v) is 3.04. The summed E-state index contributed by atoms with van der Waals surface area (Å²) in [7, 11) is 0. The van der Waals surface area contributed by atoms with Gasteiger partial charge in [-0.2, -0.15) is 4.98 Å². The Hall–Kier alpha value is -2.38. The van der Waals surface area contributed by atoms with E-state index in [1.165, 1.54) is 4.57 Å². The number of ether oxygens (including phenoxy) is 1. The molecule has 0 unspecified atom stereocenters. The normalized spacial score (nSPS) is 10.4. The first kappa shape index (κ1) is 16.7. The molecular formula is C13H19N3O5. The summed E-state index contributed by atoms with van der Waals surface area (Å²) in [6.07, 6.45) is -0.172. The maximum atomic E-state index is 12.0. The number of primary amides is 1. The summed E-state index contributed by atoms with van der Waals surface area (Å²) >= 11 is 0. The maximum Gasteiger partial charge on any atom is 0.404 e. The summed E-state index contributed by atoms with van der Waals surface area (Å²) in [6.45, 7) is 3.66. The van der Waals surface area contributed by atoms with E-state index in [9.17, 15) is 14.4 Å². The molecule has 0 saturated carbocycles. The Labute approximate surface area is 121 Å². The first-order chi connectivity index (χ1) is 9.90. The summed E-state index contributed by atoms with van der Waals surface area (Å²) in [4.78, 5) is 37.5. The molecule has 0 aromatic carbocycles. The minimum absolute atomic E-state index is 0.0676. The predicted molar refractivity (Wildman–Crippen MR) is 74.1 cm³/mol. The number of aliphatic carboxylic acids is 1. The SMILES string of the molecule is CCc1nc(=O)n(CCOC(N)=O)c(CC)c1CC(=O)O. The Morgan fingerprint density at radius 3 is 2.48 bits per heavy atom. The summed E-state index contributed by atoms with van der Waals surface area (Å²) in [6, 6.07) is 0. The van der Waals surface area contributed by atoms with Gasteiger partial charge in [0.2, 0.25) is 0 Å². The molecule has 0 bridgehead atoms. The Morgan fingerprint density at radius 1 is 1.33 bits per heavy atom. The van der Waals surface area contributed by atoms with Gasteiger partial charge in [0.15, 0.2) is 0 Å². The van der Waals surface area contributed by atoms with Crippen LogP contribution in [0.5, 0.6) is 0 Å². The second-order valence-electron chi connectivity index (χ2n) is 4.36. The highest BCUT2D eigenvalue weighted by Crippen LogP contribution is 2.14. The fraction of sp³-hybridized carbons (Fsp3) is 0.538. The van der Waals surface area contributed by atoms with Crippen LogP contribution in [0.25, 0.3) is 0 Å². The maximum absolute atomic E-state index is 12.0. The molecule has 1 heterocycles. The Morgan fingerprint density at radius 2 is 2.00 bits per heavy atom. The van der Waals surface area contributed by atoms with Gasteiger partial charge in [-0.3, -0.25) is 9.36 Å². The highest BCUT2D eigenvalue weighted by molar-refractivity contribution is 5.71. The van der Waals surface area contributed by atoms with E-state index in [-0.39, 0.29) is 19.6 Å². The Kier molecular flexibility index (Phi) is 5.89. The predicted octanol–water partition coefficient (Wildman–Crippen LogP) is 0.0905. The monoisotopic (exact) mass is 297 g/mol. The number of amides is 1. The number of carbonyl (C=O) groups is 2. The van der Waals surface area contributed by atoms with Gasteiger partial charge in [0.05, 0.1) is 18.7 Å². The molecule has 8 nitrogen and oxygen atoms in total. The van der Waals surface area contributed by atoms with E-state index in [2.05, 4.69) is 9.72 Å². The lowest BCUT2D eigenvalue weighted by molar-refractivity contribution is -0.136. The molecular weight excluding hydrogens is 278 g/mol. The van der Waals surface area contributed by atoms with Crippen molar-refractivity contribution >= 4 is 12.1 Å². The van der Waals surface area contributed by atoms with Crippen LogP contribution in [0, 0.1) is 0 Å². The van der Waals surface area contributed by atoms with E-state index in [0.717, 1.165) is 0 Å². The Bertz CT molecular complexity index is 594. The van der Waals surface area contributed by atoms with Gasteiger partial charge in [-0.15, -0.1) is 0 Å². The molecule has 0 atom stereocenters. The number of hydrogen-bond donors (Lipinski definition) is 2. The zero-order valence-corrected chi connectivity index (χ0v) is 12.1.